The van der Waals surface area contributed by atoms with Crippen LogP contribution in [0, 0.1) is 0 Å². The van der Waals surface area contributed by atoms with Gasteiger partial charge in [-0.05, 0) is 36.0 Å². The summed E-state index contributed by atoms with van der Waals surface area (Å²) < 4.78 is 30.8. The van der Waals surface area contributed by atoms with Crippen LogP contribution in [0.1, 0.15) is 48.8 Å². The maximum Gasteiger partial charge on any atom is 0.475 e. The van der Waals surface area contributed by atoms with Crippen molar-refractivity contribution in [2.45, 2.75) is 56.6 Å². The lowest BCUT2D eigenvalue weighted by atomic mass is 9.98. The standard InChI is InChI=1S/C22H28BrO4P/c23-17-20-11-7-8-12-21(20)18-26-28(24,27-22-13-5-2-6-14-22)25-16-15-19-9-3-1-4-10-19/h1,3-4,7-12,22H,2,5-6,13-18H2. The van der Waals surface area contributed by atoms with Gasteiger partial charge in [0.25, 0.3) is 0 Å². The Bertz CT molecular complexity index is 762. The maximum absolute atomic E-state index is 13.4. The van der Waals surface area contributed by atoms with Crippen LogP contribution in [0.15, 0.2) is 54.6 Å². The molecule has 0 N–H and O–H groups in total. The Labute approximate surface area is 176 Å². The minimum absolute atomic E-state index is 0.0530. The molecule has 1 unspecified atom stereocenters. The van der Waals surface area contributed by atoms with Gasteiger partial charge in [0.1, 0.15) is 0 Å². The monoisotopic (exact) mass is 466 g/mol. The van der Waals surface area contributed by atoms with E-state index in [9.17, 15) is 4.57 Å². The highest BCUT2D eigenvalue weighted by Crippen LogP contribution is 2.53. The topological polar surface area (TPSA) is 44.8 Å². The summed E-state index contributed by atoms with van der Waals surface area (Å²) in [6.07, 6.45) is 5.84. The lowest BCUT2D eigenvalue weighted by molar-refractivity contribution is 0.0586. The van der Waals surface area contributed by atoms with Gasteiger partial charge in [-0.15, -0.1) is 0 Å². The summed E-state index contributed by atoms with van der Waals surface area (Å²) in [6, 6.07) is 18.0. The summed E-state index contributed by atoms with van der Waals surface area (Å²) in [5.74, 6) is 0. The van der Waals surface area contributed by atoms with Crippen molar-refractivity contribution in [3.05, 3.63) is 71.3 Å². The van der Waals surface area contributed by atoms with Crippen molar-refractivity contribution >= 4 is 23.8 Å². The van der Waals surface area contributed by atoms with Crippen molar-refractivity contribution < 1.29 is 18.1 Å². The third-order valence-corrected chi connectivity index (χ3v) is 7.06. The molecule has 6 heteroatoms. The van der Waals surface area contributed by atoms with Crippen molar-refractivity contribution in [3.8, 4) is 0 Å². The largest absolute Gasteiger partial charge is 0.475 e. The van der Waals surface area contributed by atoms with Crippen molar-refractivity contribution in [1.82, 2.24) is 0 Å². The van der Waals surface area contributed by atoms with Gasteiger partial charge in [0.2, 0.25) is 0 Å². The molecular weight excluding hydrogens is 439 g/mol. The van der Waals surface area contributed by atoms with Crippen LogP contribution < -0.4 is 0 Å². The minimum Gasteiger partial charge on any atom is -0.287 e. The fraction of sp³-hybridized carbons (Fsp3) is 0.455. The first kappa shape index (κ1) is 21.7. The van der Waals surface area contributed by atoms with Gasteiger partial charge in [-0.2, -0.15) is 0 Å². The Hall–Kier alpha value is -0.970. The summed E-state index contributed by atoms with van der Waals surface area (Å²) in [6.45, 7) is 0.505. The zero-order chi connectivity index (χ0) is 19.7. The van der Waals surface area contributed by atoms with Crippen LogP contribution in [-0.4, -0.2) is 12.7 Å². The number of phosphoric ester groups is 1. The molecule has 1 atom stereocenters. The Kier molecular flexibility index (Phi) is 8.75. The molecule has 3 rings (SSSR count). The Morgan fingerprint density at radius 3 is 2.29 bits per heavy atom. The maximum atomic E-state index is 13.4. The molecule has 0 radical (unpaired) electrons. The van der Waals surface area contributed by atoms with E-state index < -0.39 is 7.82 Å². The molecule has 0 spiro atoms. The molecule has 0 amide bonds. The molecule has 2 aromatic rings. The highest BCUT2D eigenvalue weighted by atomic mass is 79.9. The molecule has 28 heavy (non-hydrogen) atoms. The molecule has 1 saturated carbocycles. The second-order valence-electron chi connectivity index (χ2n) is 7.06. The first-order valence-corrected chi connectivity index (χ1v) is 12.5. The highest BCUT2D eigenvalue weighted by molar-refractivity contribution is 9.08. The average Bonchev–Trinajstić information content (AvgIpc) is 2.74. The van der Waals surface area contributed by atoms with E-state index >= 15 is 0 Å². The van der Waals surface area contributed by atoms with Crippen LogP contribution in [0.4, 0.5) is 0 Å². The lowest BCUT2D eigenvalue weighted by Crippen LogP contribution is -2.17. The number of halogens is 1. The number of alkyl halides is 1. The summed E-state index contributed by atoms with van der Waals surface area (Å²) in [7, 11) is -3.64. The summed E-state index contributed by atoms with van der Waals surface area (Å²) in [5.41, 5.74) is 3.23. The van der Waals surface area contributed by atoms with E-state index in [4.69, 9.17) is 13.6 Å². The molecule has 4 nitrogen and oxygen atoms in total. The molecule has 0 bridgehead atoms. The highest BCUT2D eigenvalue weighted by Gasteiger charge is 2.32. The fourth-order valence-electron chi connectivity index (χ4n) is 3.35. The Morgan fingerprint density at radius 2 is 1.57 bits per heavy atom. The van der Waals surface area contributed by atoms with Crippen molar-refractivity contribution in [2.75, 3.05) is 6.61 Å². The number of rotatable bonds is 10. The van der Waals surface area contributed by atoms with Gasteiger partial charge < -0.3 is 0 Å². The summed E-state index contributed by atoms with van der Waals surface area (Å²) >= 11 is 3.49. The predicted molar refractivity (Wildman–Crippen MR) is 116 cm³/mol. The third kappa shape index (κ3) is 6.82. The summed E-state index contributed by atoms with van der Waals surface area (Å²) in [5, 5.41) is 0.717. The Balaban J connectivity index is 1.63. The SMILES string of the molecule is O=P(OCCc1ccccc1)(OCc1ccccc1CBr)OC1CCCCC1. The van der Waals surface area contributed by atoms with Crippen LogP contribution in [0.2, 0.25) is 0 Å². The van der Waals surface area contributed by atoms with Crippen LogP contribution >= 0.6 is 23.8 Å². The smallest absolute Gasteiger partial charge is 0.287 e. The molecule has 0 heterocycles. The molecule has 1 aliphatic carbocycles. The predicted octanol–water partition coefficient (Wildman–Crippen LogP) is 6.81. The Morgan fingerprint density at radius 1 is 0.893 bits per heavy atom. The number of benzene rings is 2. The van der Waals surface area contributed by atoms with Gasteiger partial charge in [0.05, 0.1) is 19.3 Å². The van der Waals surface area contributed by atoms with Crippen LogP contribution in [-0.2, 0) is 36.5 Å². The van der Waals surface area contributed by atoms with Crippen molar-refractivity contribution in [3.63, 3.8) is 0 Å². The zero-order valence-corrected chi connectivity index (χ0v) is 18.6. The van der Waals surface area contributed by atoms with Crippen LogP contribution in [0.5, 0.6) is 0 Å². The summed E-state index contributed by atoms with van der Waals surface area (Å²) in [4.78, 5) is 0. The minimum atomic E-state index is -3.64. The van der Waals surface area contributed by atoms with Gasteiger partial charge in [0.15, 0.2) is 0 Å². The molecular formula is C22H28BrO4P. The molecule has 0 aromatic heterocycles. The van der Waals surface area contributed by atoms with Crippen molar-refractivity contribution in [2.24, 2.45) is 0 Å². The normalized spacial score (nSPS) is 17.3. The molecule has 0 saturated heterocycles. The quantitative estimate of drug-likeness (QED) is 0.284. The van der Waals surface area contributed by atoms with E-state index in [0.29, 0.717) is 13.0 Å². The number of phosphoric acid groups is 1. The lowest BCUT2D eigenvalue weighted by Gasteiger charge is -2.26. The van der Waals surface area contributed by atoms with Crippen LogP contribution in [0.25, 0.3) is 0 Å². The third-order valence-electron chi connectivity index (χ3n) is 4.95. The zero-order valence-electron chi connectivity index (χ0n) is 16.1. The van der Waals surface area contributed by atoms with E-state index in [-0.39, 0.29) is 12.7 Å². The van der Waals surface area contributed by atoms with Crippen molar-refractivity contribution in [1.29, 1.82) is 0 Å². The van der Waals surface area contributed by atoms with E-state index in [1.165, 1.54) is 6.42 Å². The molecule has 2 aromatic carbocycles. The second kappa shape index (κ2) is 11.3. The second-order valence-corrected chi connectivity index (χ2v) is 9.24. The fourth-order valence-corrected chi connectivity index (χ4v) is 5.28. The average molecular weight is 467 g/mol. The number of hydrogen-bond acceptors (Lipinski definition) is 4. The van der Waals surface area contributed by atoms with Gasteiger partial charge in [-0.3, -0.25) is 13.6 Å². The van der Waals surface area contributed by atoms with Gasteiger partial charge in [-0.25, -0.2) is 4.57 Å². The first-order chi connectivity index (χ1) is 13.7. The van der Waals surface area contributed by atoms with Crippen LogP contribution in [0.3, 0.4) is 0 Å². The van der Waals surface area contributed by atoms with E-state index in [2.05, 4.69) is 15.9 Å². The molecule has 1 aliphatic rings. The molecule has 1 fully saturated rings. The van der Waals surface area contributed by atoms with E-state index in [0.717, 1.165) is 47.7 Å². The first-order valence-electron chi connectivity index (χ1n) is 9.93. The van der Waals surface area contributed by atoms with Gasteiger partial charge in [0, 0.05) is 5.33 Å². The molecule has 152 valence electrons. The number of hydrogen-bond donors (Lipinski definition) is 0. The van der Waals surface area contributed by atoms with E-state index in [1.54, 1.807) is 0 Å². The molecule has 0 aliphatic heterocycles. The van der Waals surface area contributed by atoms with E-state index in [1.807, 2.05) is 54.6 Å². The van der Waals surface area contributed by atoms with Gasteiger partial charge >= 0.3 is 7.82 Å². The van der Waals surface area contributed by atoms with Gasteiger partial charge in [-0.1, -0.05) is 89.8 Å².